The van der Waals surface area contributed by atoms with Gasteiger partial charge in [-0.05, 0) is 67.1 Å². The first-order valence-corrected chi connectivity index (χ1v) is 14.5. The second-order valence-electron chi connectivity index (χ2n) is 10.5. The van der Waals surface area contributed by atoms with Crippen molar-refractivity contribution in [2.45, 2.75) is 13.3 Å². The van der Waals surface area contributed by atoms with Crippen LogP contribution in [-0.4, -0.2) is 76.6 Å². The van der Waals surface area contributed by atoms with Gasteiger partial charge in [-0.2, -0.15) is 4.98 Å². The number of alkyl halides is 3. The van der Waals surface area contributed by atoms with E-state index < -0.39 is 6.36 Å². The van der Waals surface area contributed by atoms with Crippen LogP contribution in [0.25, 0.3) is 22.4 Å². The minimum atomic E-state index is -4.79. The Labute approximate surface area is 261 Å². The third kappa shape index (κ3) is 7.71. The highest BCUT2D eigenvalue weighted by atomic mass is 19.4. The Bertz CT molecular complexity index is 1810. The van der Waals surface area contributed by atoms with Gasteiger partial charge < -0.3 is 29.8 Å². The molecule has 2 aromatic heterocycles. The highest BCUT2D eigenvalue weighted by molar-refractivity contribution is 6.05. The lowest BCUT2D eigenvalue weighted by atomic mass is 10.1. The molecule has 1 aliphatic heterocycles. The van der Waals surface area contributed by atoms with E-state index in [9.17, 15) is 18.0 Å². The van der Waals surface area contributed by atoms with Gasteiger partial charge in [-0.3, -0.25) is 9.69 Å². The molecule has 0 bridgehead atoms. The minimum absolute atomic E-state index is 0.212. The number of anilines is 3. The first-order chi connectivity index (χ1) is 22.2. The number of carbonyl (C=O) groups is 1. The van der Waals surface area contributed by atoms with Crippen LogP contribution in [0.3, 0.4) is 0 Å². The molecular formula is C32H30F3N7O4. The monoisotopic (exact) mass is 633 g/mol. The van der Waals surface area contributed by atoms with Crippen LogP contribution in [0.2, 0.25) is 0 Å². The van der Waals surface area contributed by atoms with Crippen LogP contribution < -0.4 is 20.1 Å². The number of imidazole rings is 1. The van der Waals surface area contributed by atoms with E-state index in [1.165, 1.54) is 30.6 Å². The lowest BCUT2D eigenvalue weighted by molar-refractivity contribution is -0.274. The summed E-state index contributed by atoms with van der Waals surface area (Å²) in [6, 6.07) is 17.7. The summed E-state index contributed by atoms with van der Waals surface area (Å²) >= 11 is 0. The number of aromatic amines is 1. The molecule has 1 amide bonds. The number of amides is 1. The summed E-state index contributed by atoms with van der Waals surface area (Å²) in [6.07, 6.45) is -3.33. The summed E-state index contributed by atoms with van der Waals surface area (Å²) in [5.74, 6) is 0.259. The molecule has 3 N–H and O–H groups in total. The molecule has 11 nitrogen and oxygen atoms in total. The van der Waals surface area contributed by atoms with E-state index in [1.54, 1.807) is 24.3 Å². The lowest BCUT2D eigenvalue weighted by Crippen LogP contribution is -2.38. The minimum Gasteiger partial charge on any atom is -0.492 e. The van der Waals surface area contributed by atoms with Gasteiger partial charge in [-0.1, -0.05) is 6.07 Å². The summed E-state index contributed by atoms with van der Waals surface area (Å²) in [7, 11) is 0. The van der Waals surface area contributed by atoms with Crippen molar-refractivity contribution in [3.63, 3.8) is 0 Å². The van der Waals surface area contributed by atoms with Crippen molar-refractivity contribution < 1.29 is 32.2 Å². The quantitative estimate of drug-likeness (QED) is 0.171. The van der Waals surface area contributed by atoms with E-state index in [-0.39, 0.29) is 17.6 Å². The number of carbonyl (C=O) groups excluding carboxylic acids is 1. The van der Waals surface area contributed by atoms with Gasteiger partial charge in [0.25, 0.3) is 5.91 Å². The zero-order chi connectivity index (χ0) is 32.1. The molecule has 0 radical (unpaired) electrons. The van der Waals surface area contributed by atoms with E-state index in [0.717, 1.165) is 38.4 Å². The molecule has 0 saturated carbocycles. The molecule has 0 unspecified atom stereocenters. The third-order valence-corrected chi connectivity index (χ3v) is 7.29. The number of nitrogens with zero attached hydrogens (tertiary/aromatic N) is 4. The van der Waals surface area contributed by atoms with E-state index >= 15 is 0 Å². The van der Waals surface area contributed by atoms with Crippen LogP contribution in [0.5, 0.6) is 11.5 Å². The fourth-order valence-corrected chi connectivity index (χ4v) is 4.88. The van der Waals surface area contributed by atoms with Crippen LogP contribution >= 0.6 is 0 Å². The molecule has 1 fully saturated rings. The Morgan fingerprint density at radius 3 is 2.48 bits per heavy atom. The van der Waals surface area contributed by atoms with E-state index in [4.69, 9.17) is 9.47 Å². The summed E-state index contributed by atoms with van der Waals surface area (Å²) in [5.41, 5.74) is 4.45. The second kappa shape index (κ2) is 13.4. The normalized spacial score (nSPS) is 13.8. The van der Waals surface area contributed by atoms with E-state index in [1.807, 2.05) is 25.1 Å². The largest absolute Gasteiger partial charge is 0.573 e. The first kappa shape index (κ1) is 30.8. The van der Waals surface area contributed by atoms with E-state index in [0.29, 0.717) is 51.7 Å². The van der Waals surface area contributed by atoms with Gasteiger partial charge in [0.2, 0.25) is 5.95 Å². The number of ether oxygens (including phenoxy) is 3. The maximum atomic E-state index is 13.1. The average molecular weight is 634 g/mol. The van der Waals surface area contributed by atoms with Gasteiger partial charge in [0.1, 0.15) is 29.3 Å². The van der Waals surface area contributed by atoms with Crippen molar-refractivity contribution in [3.05, 3.63) is 84.2 Å². The number of benzene rings is 3. The van der Waals surface area contributed by atoms with Crippen molar-refractivity contribution in [1.82, 2.24) is 24.8 Å². The number of hydrogen-bond donors (Lipinski definition) is 3. The lowest BCUT2D eigenvalue weighted by Gasteiger charge is -2.26. The summed E-state index contributed by atoms with van der Waals surface area (Å²) in [4.78, 5) is 31.5. The number of hydrogen-bond acceptors (Lipinski definition) is 9. The summed E-state index contributed by atoms with van der Waals surface area (Å²) in [6.45, 7) is 6.50. The number of halogens is 3. The topological polar surface area (TPSA) is 127 Å². The number of aryl methyl sites for hydroxylation is 1. The summed E-state index contributed by atoms with van der Waals surface area (Å²) in [5, 5.41) is 6.07. The van der Waals surface area contributed by atoms with Crippen molar-refractivity contribution in [2.24, 2.45) is 0 Å². The number of aromatic nitrogens is 4. The number of morpholine rings is 1. The Kier molecular flexibility index (Phi) is 8.99. The van der Waals surface area contributed by atoms with Crippen LogP contribution in [0.1, 0.15) is 15.9 Å². The zero-order valence-electron chi connectivity index (χ0n) is 24.7. The van der Waals surface area contributed by atoms with Gasteiger partial charge in [-0.15, -0.1) is 13.2 Å². The van der Waals surface area contributed by atoms with Crippen LogP contribution in [0, 0.1) is 6.92 Å². The Balaban J connectivity index is 1.11. The molecule has 238 valence electrons. The molecule has 3 aromatic carbocycles. The van der Waals surface area contributed by atoms with Gasteiger partial charge in [0, 0.05) is 48.2 Å². The van der Waals surface area contributed by atoms with Gasteiger partial charge in [-0.25, -0.2) is 9.97 Å². The maximum absolute atomic E-state index is 13.1. The van der Waals surface area contributed by atoms with Gasteiger partial charge in [0.05, 0.1) is 19.5 Å². The Hall–Kier alpha value is -5.21. The maximum Gasteiger partial charge on any atom is 0.573 e. The number of fused-ring (bicyclic) bond motifs is 1. The molecule has 5 aromatic rings. The second-order valence-corrected chi connectivity index (χ2v) is 10.5. The van der Waals surface area contributed by atoms with Crippen LogP contribution in [0.15, 0.2) is 73.1 Å². The zero-order valence-corrected chi connectivity index (χ0v) is 24.7. The standard InChI is InChI=1S/C32H30F3N7O4/c1-20-2-9-25(45-17-14-42-12-15-44-16-13-42)18-26(20)39-30(43)22-3-7-23(8-4-22)38-31-40-27(28-29(41-31)37-19-36-28)21-5-10-24(11-6-21)46-32(33,34)35/h2-11,18-19H,12-17H2,1H3,(H,39,43)(H2,36,37,38,40,41). The Morgan fingerprint density at radius 1 is 1.00 bits per heavy atom. The predicted octanol–water partition coefficient (Wildman–Crippen LogP) is 5.93. The molecule has 0 aliphatic carbocycles. The molecule has 3 heterocycles. The fourth-order valence-electron chi connectivity index (χ4n) is 4.88. The molecule has 46 heavy (non-hydrogen) atoms. The average Bonchev–Trinajstić information content (AvgIpc) is 3.52. The molecule has 6 rings (SSSR count). The molecule has 0 spiro atoms. The van der Waals surface area contributed by atoms with Gasteiger partial charge >= 0.3 is 6.36 Å². The predicted molar refractivity (Wildman–Crippen MR) is 165 cm³/mol. The fraction of sp³-hybridized carbons (Fsp3) is 0.250. The van der Waals surface area contributed by atoms with E-state index in [2.05, 4.69) is 40.2 Å². The molecular weight excluding hydrogens is 603 g/mol. The molecule has 0 atom stereocenters. The van der Waals surface area contributed by atoms with Crippen molar-refractivity contribution in [1.29, 1.82) is 0 Å². The van der Waals surface area contributed by atoms with Crippen LogP contribution in [0.4, 0.5) is 30.5 Å². The Morgan fingerprint density at radius 2 is 1.74 bits per heavy atom. The highest BCUT2D eigenvalue weighted by Gasteiger charge is 2.31. The summed E-state index contributed by atoms with van der Waals surface area (Å²) < 4.78 is 53.0. The van der Waals surface area contributed by atoms with Gasteiger partial charge in [0.15, 0.2) is 5.65 Å². The van der Waals surface area contributed by atoms with Crippen LogP contribution in [-0.2, 0) is 4.74 Å². The molecule has 1 aliphatic rings. The smallest absolute Gasteiger partial charge is 0.492 e. The van der Waals surface area contributed by atoms with Crippen molar-refractivity contribution in [3.8, 4) is 22.8 Å². The number of H-pyrrole nitrogens is 1. The number of rotatable bonds is 10. The van der Waals surface area contributed by atoms with Crippen molar-refractivity contribution >= 4 is 34.4 Å². The SMILES string of the molecule is Cc1ccc(OCCN2CCOCC2)cc1NC(=O)c1ccc(Nc2nc(-c3ccc(OC(F)(F)F)cc3)c3[nH]cnc3n2)cc1. The van der Waals surface area contributed by atoms with Crippen molar-refractivity contribution in [2.75, 3.05) is 50.1 Å². The third-order valence-electron chi connectivity index (χ3n) is 7.29. The molecule has 14 heteroatoms. The number of nitrogens with one attached hydrogen (secondary N) is 3. The molecule has 1 saturated heterocycles. The first-order valence-electron chi connectivity index (χ1n) is 14.5. The highest BCUT2D eigenvalue weighted by Crippen LogP contribution is 2.30.